The highest BCUT2D eigenvalue weighted by atomic mass is 19.1. The molecule has 0 radical (unpaired) electrons. The molecule has 0 unspecified atom stereocenters. The molecule has 0 aromatic heterocycles. The van der Waals surface area contributed by atoms with Crippen molar-refractivity contribution in [1.82, 2.24) is 4.90 Å². The molecule has 1 amide bonds. The number of piperidine rings is 1. The van der Waals surface area contributed by atoms with Crippen molar-refractivity contribution in [2.45, 2.75) is 44.9 Å². The van der Waals surface area contributed by atoms with Crippen LogP contribution in [0.15, 0.2) is 0 Å². The van der Waals surface area contributed by atoms with Crippen LogP contribution in [0.2, 0.25) is 0 Å². The predicted molar refractivity (Wildman–Crippen MR) is 56.5 cm³/mol. The minimum atomic E-state index is -1.43. The van der Waals surface area contributed by atoms with Gasteiger partial charge in [-0.25, -0.2) is 9.18 Å². The zero-order valence-electron chi connectivity index (χ0n) is 9.70. The van der Waals surface area contributed by atoms with Crippen LogP contribution in [0.25, 0.3) is 0 Å². The number of alkyl halides is 1. The van der Waals surface area contributed by atoms with Gasteiger partial charge in [-0.1, -0.05) is 0 Å². The highest BCUT2D eigenvalue weighted by Gasteiger charge is 2.36. The Labute approximate surface area is 95.0 Å². The summed E-state index contributed by atoms with van der Waals surface area (Å²) in [5.74, 6) is 0. The molecule has 1 rings (SSSR count). The number of nitrogens with zero attached hydrogens (tertiary/aromatic N) is 2. The van der Waals surface area contributed by atoms with E-state index < -0.39 is 11.8 Å². The maximum atomic E-state index is 13.9. The van der Waals surface area contributed by atoms with Gasteiger partial charge in [0.15, 0.2) is 0 Å². The van der Waals surface area contributed by atoms with Crippen molar-refractivity contribution in [3.63, 3.8) is 0 Å². The molecule has 1 saturated heterocycles. The average molecular weight is 228 g/mol. The predicted octanol–water partition coefficient (Wildman–Crippen LogP) is 2.25. The lowest BCUT2D eigenvalue weighted by Crippen LogP contribution is -2.45. The third kappa shape index (κ3) is 3.37. The minimum absolute atomic E-state index is 0.0972. The Morgan fingerprint density at radius 3 is 2.56 bits per heavy atom. The highest BCUT2D eigenvalue weighted by Crippen LogP contribution is 2.29. The quantitative estimate of drug-likeness (QED) is 0.728. The third-order valence-electron chi connectivity index (χ3n) is 2.65. The van der Waals surface area contributed by atoms with E-state index in [1.54, 1.807) is 13.8 Å². The molecular weight excluding hydrogens is 211 g/mol. The van der Waals surface area contributed by atoms with E-state index in [1.807, 2.05) is 6.07 Å². The first-order valence-corrected chi connectivity index (χ1v) is 5.48. The molecular formula is C11H17FN2O2. The highest BCUT2D eigenvalue weighted by molar-refractivity contribution is 5.67. The molecule has 1 aliphatic heterocycles. The molecule has 1 fully saturated rings. The van der Waals surface area contributed by atoms with Crippen LogP contribution >= 0.6 is 0 Å². The van der Waals surface area contributed by atoms with Gasteiger partial charge in [-0.2, -0.15) is 5.26 Å². The van der Waals surface area contributed by atoms with Gasteiger partial charge in [0, 0.05) is 25.9 Å². The average Bonchev–Trinajstić information content (AvgIpc) is 2.17. The second kappa shape index (κ2) is 5.15. The van der Waals surface area contributed by atoms with Crippen molar-refractivity contribution in [2.75, 3.05) is 13.1 Å². The number of ether oxygens (including phenoxy) is 1. The van der Waals surface area contributed by atoms with Crippen LogP contribution in [-0.4, -0.2) is 35.9 Å². The summed E-state index contributed by atoms with van der Waals surface area (Å²) in [6, 6.07) is 1.84. The Morgan fingerprint density at radius 1 is 1.56 bits per heavy atom. The van der Waals surface area contributed by atoms with Gasteiger partial charge in [-0.3, -0.25) is 0 Å². The van der Waals surface area contributed by atoms with E-state index in [4.69, 9.17) is 10.00 Å². The maximum Gasteiger partial charge on any atom is 0.410 e. The SMILES string of the molecule is CC(C)OC(=O)N1CCC(F)(CC#N)CC1. The molecule has 0 aliphatic carbocycles. The van der Waals surface area contributed by atoms with Crippen LogP contribution in [0.1, 0.15) is 33.1 Å². The van der Waals surface area contributed by atoms with E-state index in [0.717, 1.165) is 0 Å². The number of halogens is 1. The molecule has 0 saturated carbocycles. The summed E-state index contributed by atoms with van der Waals surface area (Å²) in [4.78, 5) is 13.0. The van der Waals surface area contributed by atoms with Crippen molar-refractivity contribution < 1.29 is 13.9 Å². The molecule has 90 valence electrons. The van der Waals surface area contributed by atoms with E-state index in [2.05, 4.69) is 0 Å². The molecule has 5 heteroatoms. The summed E-state index contributed by atoms with van der Waals surface area (Å²) in [5.41, 5.74) is -1.43. The van der Waals surface area contributed by atoms with Gasteiger partial charge < -0.3 is 9.64 Å². The fourth-order valence-corrected chi connectivity index (χ4v) is 1.68. The number of amides is 1. The zero-order chi connectivity index (χ0) is 12.2. The van der Waals surface area contributed by atoms with E-state index in [1.165, 1.54) is 4.90 Å². The first-order valence-electron chi connectivity index (χ1n) is 5.48. The molecule has 16 heavy (non-hydrogen) atoms. The van der Waals surface area contributed by atoms with E-state index >= 15 is 0 Å². The summed E-state index contributed by atoms with van der Waals surface area (Å²) in [7, 11) is 0. The molecule has 0 bridgehead atoms. The number of carbonyl (C=O) groups excluding carboxylic acids is 1. The number of carbonyl (C=O) groups is 1. The monoisotopic (exact) mass is 228 g/mol. The van der Waals surface area contributed by atoms with Crippen molar-refractivity contribution in [1.29, 1.82) is 5.26 Å². The van der Waals surface area contributed by atoms with Crippen molar-refractivity contribution in [3.8, 4) is 6.07 Å². The Hall–Kier alpha value is -1.31. The van der Waals surface area contributed by atoms with Crippen LogP contribution in [0.3, 0.4) is 0 Å². The first kappa shape index (κ1) is 12.8. The number of nitriles is 1. The second-order valence-corrected chi connectivity index (χ2v) is 4.41. The molecule has 0 aromatic rings. The molecule has 1 heterocycles. The Kier molecular flexibility index (Phi) is 4.11. The van der Waals surface area contributed by atoms with Gasteiger partial charge in [0.2, 0.25) is 0 Å². The van der Waals surface area contributed by atoms with E-state index in [-0.39, 0.29) is 25.4 Å². The number of hydrogen-bond acceptors (Lipinski definition) is 3. The lowest BCUT2D eigenvalue weighted by Gasteiger charge is -2.34. The third-order valence-corrected chi connectivity index (χ3v) is 2.65. The maximum absolute atomic E-state index is 13.9. The zero-order valence-corrected chi connectivity index (χ0v) is 9.70. The van der Waals surface area contributed by atoms with E-state index in [0.29, 0.717) is 13.1 Å². The summed E-state index contributed by atoms with van der Waals surface area (Å²) in [5, 5.41) is 8.48. The van der Waals surface area contributed by atoms with Gasteiger partial charge >= 0.3 is 6.09 Å². The van der Waals surface area contributed by atoms with Crippen LogP contribution in [0, 0.1) is 11.3 Å². The number of rotatable bonds is 2. The fraction of sp³-hybridized carbons (Fsp3) is 0.818. The van der Waals surface area contributed by atoms with Crippen LogP contribution in [-0.2, 0) is 4.74 Å². The topological polar surface area (TPSA) is 53.3 Å². The van der Waals surface area contributed by atoms with E-state index in [9.17, 15) is 9.18 Å². The van der Waals surface area contributed by atoms with Gasteiger partial charge in [0.25, 0.3) is 0 Å². The lowest BCUT2D eigenvalue weighted by atomic mass is 9.91. The van der Waals surface area contributed by atoms with Crippen LogP contribution in [0.5, 0.6) is 0 Å². The second-order valence-electron chi connectivity index (χ2n) is 4.41. The summed E-state index contributed by atoms with van der Waals surface area (Å²) >= 11 is 0. The summed E-state index contributed by atoms with van der Waals surface area (Å²) < 4.78 is 18.9. The Balaban J connectivity index is 2.43. The first-order chi connectivity index (χ1) is 7.47. The Morgan fingerprint density at radius 2 is 2.12 bits per heavy atom. The standard InChI is InChI=1S/C11H17FN2O2/c1-9(2)16-10(15)14-7-4-11(12,3-6-13)5-8-14/h9H,3-5,7-8H2,1-2H3. The summed E-state index contributed by atoms with van der Waals surface area (Å²) in [6.45, 7) is 4.20. The minimum Gasteiger partial charge on any atom is -0.447 e. The fourth-order valence-electron chi connectivity index (χ4n) is 1.68. The van der Waals surface area contributed by atoms with Gasteiger partial charge in [-0.15, -0.1) is 0 Å². The van der Waals surface area contributed by atoms with Crippen LogP contribution < -0.4 is 0 Å². The smallest absolute Gasteiger partial charge is 0.410 e. The lowest BCUT2D eigenvalue weighted by molar-refractivity contribution is 0.0349. The van der Waals surface area contributed by atoms with Gasteiger partial charge in [0.1, 0.15) is 5.67 Å². The van der Waals surface area contributed by atoms with Crippen LogP contribution in [0.4, 0.5) is 9.18 Å². The molecule has 4 nitrogen and oxygen atoms in total. The number of hydrogen-bond donors (Lipinski definition) is 0. The van der Waals surface area contributed by atoms with Crippen molar-refractivity contribution in [3.05, 3.63) is 0 Å². The largest absolute Gasteiger partial charge is 0.447 e. The normalized spacial score (nSPS) is 19.3. The molecule has 1 aliphatic rings. The molecule has 0 spiro atoms. The molecule has 0 aromatic carbocycles. The van der Waals surface area contributed by atoms with Crippen molar-refractivity contribution in [2.24, 2.45) is 0 Å². The molecule has 0 atom stereocenters. The van der Waals surface area contributed by atoms with Crippen molar-refractivity contribution >= 4 is 6.09 Å². The number of likely N-dealkylation sites (tertiary alicyclic amines) is 1. The summed E-state index contributed by atoms with van der Waals surface area (Å²) in [6.07, 6.45) is -0.223. The Bertz CT molecular complexity index is 291. The van der Waals surface area contributed by atoms with Gasteiger partial charge in [-0.05, 0) is 13.8 Å². The molecule has 0 N–H and O–H groups in total. The van der Waals surface area contributed by atoms with Gasteiger partial charge in [0.05, 0.1) is 18.6 Å².